The van der Waals surface area contributed by atoms with Crippen LogP contribution in [0.25, 0.3) is 0 Å². The van der Waals surface area contributed by atoms with Gasteiger partial charge < -0.3 is 10.0 Å². The number of aliphatic hydroxyl groups excluding tert-OH is 1. The van der Waals surface area contributed by atoms with Crippen LogP contribution in [0.1, 0.15) is 18.5 Å². The summed E-state index contributed by atoms with van der Waals surface area (Å²) in [5.74, 6) is 1.30. The van der Waals surface area contributed by atoms with E-state index < -0.39 is 0 Å². The molecule has 84 valence electrons. The molecule has 1 saturated heterocycles. The minimum Gasteiger partial charge on any atom is -0.396 e. The molecule has 1 fully saturated rings. The number of aliphatic hydroxyl groups is 1. The quantitative estimate of drug-likeness (QED) is 0.807. The molecule has 4 heteroatoms. The van der Waals surface area contributed by atoms with E-state index in [2.05, 4.69) is 9.88 Å². The van der Waals surface area contributed by atoms with E-state index in [1.807, 2.05) is 18.2 Å². The third-order valence-corrected chi connectivity index (χ3v) is 3.05. The van der Waals surface area contributed by atoms with Gasteiger partial charge in [-0.3, -0.25) is 0 Å². The molecule has 0 aliphatic carbocycles. The van der Waals surface area contributed by atoms with E-state index in [-0.39, 0.29) is 6.61 Å². The summed E-state index contributed by atoms with van der Waals surface area (Å²) in [6.45, 7) is 2.10. The van der Waals surface area contributed by atoms with E-state index in [1.54, 1.807) is 6.07 Å². The van der Waals surface area contributed by atoms with Crippen molar-refractivity contribution in [2.24, 2.45) is 5.92 Å². The molecule has 0 spiro atoms. The lowest BCUT2D eigenvalue weighted by Gasteiger charge is -2.31. The molecule has 1 N–H and O–H groups in total. The third-order valence-electron chi connectivity index (χ3n) is 3.05. The van der Waals surface area contributed by atoms with Crippen LogP contribution in [0.4, 0.5) is 5.82 Å². The van der Waals surface area contributed by atoms with Crippen LogP contribution < -0.4 is 4.90 Å². The number of piperidine rings is 1. The molecule has 2 heterocycles. The van der Waals surface area contributed by atoms with Crippen molar-refractivity contribution in [1.82, 2.24) is 4.98 Å². The first-order valence-electron chi connectivity index (χ1n) is 5.56. The van der Waals surface area contributed by atoms with E-state index >= 15 is 0 Å². The van der Waals surface area contributed by atoms with E-state index in [0.29, 0.717) is 11.6 Å². The molecule has 1 aromatic rings. The number of pyridine rings is 1. The van der Waals surface area contributed by atoms with Gasteiger partial charge in [-0.25, -0.2) is 4.98 Å². The number of nitriles is 1. The van der Waals surface area contributed by atoms with Crippen LogP contribution in [0.2, 0.25) is 0 Å². The fourth-order valence-corrected chi connectivity index (χ4v) is 2.01. The van der Waals surface area contributed by atoms with Gasteiger partial charge >= 0.3 is 0 Å². The Balaban J connectivity index is 2.05. The van der Waals surface area contributed by atoms with Gasteiger partial charge in [-0.05, 0) is 30.9 Å². The fraction of sp³-hybridized carbons (Fsp3) is 0.500. The molecule has 0 amide bonds. The number of rotatable bonds is 2. The van der Waals surface area contributed by atoms with Crippen molar-refractivity contribution in [2.75, 3.05) is 24.6 Å². The highest BCUT2D eigenvalue weighted by Crippen LogP contribution is 2.21. The number of hydrogen-bond donors (Lipinski definition) is 1. The van der Waals surface area contributed by atoms with Gasteiger partial charge in [0.15, 0.2) is 0 Å². The van der Waals surface area contributed by atoms with Crippen molar-refractivity contribution in [3.05, 3.63) is 23.9 Å². The number of hydrogen-bond acceptors (Lipinski definition) is 4. The Morgan fingerprint density at radius 2 is 2.19 bits per heavy atom. The summed E-state index contributed by atoms with van der Waals surface area (Å²) in [5.41, 5.74) is 0.460. The van der Waals surface area contributed by atoms with Crippen LogP contribution in [-0.4, -0.2) is 29.8 Å². The average molecular weight is 217 g/mol. The first-order chi connectivity index (χ1) is 7.83. The zero-order chi connectivity index (χ0) is 11.4. The Bertz CT molecular complexity index is 391. The highest BCUT2D eigenvalue weighted by atomic mass is 16.3. The maximum Gasteiger partial charge on any atom is 0.142 e. The third kappa shape index (κ3) is 2.31. The minimum atomic E-state index is 0.277. The first kappa shape index (κ1) is 10.9. The van der Waals surface area contributed by atoms with Gasteiger partial charge in [0.25, 0.3) is 0 Å². The predicted molar refractivity (Wildman–Crippen MR) is 61.0 cm³/mol. The standard InChI is InChI=1S/C12H15N3O/c13-8-11-2-1-3-12(14-11)15-6-4-10(9-16)5-7-15/h1-3,10,16H,4-7,9H2. The zero-order valence-corrected chi connectivity index (χ0v) is 9.13. The van der Waals surface area contributed by atoms with Crippen LogP contribution in [0, 0.1) is 17.2 Å². The largest absolute Gasteiger partial charge is 0.396 e. The molecule has 0 aromatic carbocycles. The smallest absolute Gasteiger partial charge is 0.142 e. The van der Waals surface area contributed by atoms with E-state index in [0.717, 1.165) is 31.7 Å². The molecule has 0 bridgehead atoms. The monoisotopic (exact) mass is 217 g/mol. The summed E-state index contributed by atoms with van der Waals surface area (Å²) >= 11 is 0. The molecule has 1 aromatic heterocycles. The Morgan fingerprint density at radius 1 is 1.44 bits per heavy atom. The van der Waals surface area contributed by atoms with Crippen molar-refractivity contribution in [3.8, 4) is 6.07 Å². The minimum absolute atomic E-state index is 0.277. The van der Waals surface area contributed by atoms with Gasteiger partial charge in [0.2, 0.25) is 0 Å². The van der Waals surface area contributed by atoms with Gasteiger partial charge in [-0.1, -0.05) is 6.07 Å². The fourth-order valence-electron chi connectivity index (χ4n) is 2.01. The molecule has 0 atom stereocenters. The van der Waals surface area contributed by atoms with E-state index in [4.69, 9.17) is 10.4 Å². The van der Waals surface area contributed by atoms with Gasteiger partial charge in [-0.15, -0.1) is 0 Å². The number of aromatic nitrogens is 1. The second-order valence-electron chi connectivity index (χ2n) is 4.11. The molecule has 1 aliphatic heterocycles. The lowest BCUT2D eigenvalue weighted by Crippen LogP contribution is -2.35. The van der Waals surface area contributed by atoms with Crippen LogP contribution in [0.3, 0.4) is 0 Å². The molecule has 0 unspecified atom stereocenters. The van der Waals surface area contributed by atoms with Gasteiger partial charge in [0, 0.05) is 19.7 Å². The molecule has 1 aliphatic rings. The molecule has 0 radical (unpaired) electrons. The van der Waals surface area contributed by atoms with Crippen LogP contribution in [-0.2, 0) is 0 Å². The lowest BCUT2D eigenvalue weighted by molar-refractivity contribution is 0.203. The van der Waals surface area contributed by atoms with Crippen molar-refractivity contribution < 1.29 is 5.11 Å². The molecule has 2 rings (SSSR count). The van der Waals surface area contributed by atoms with Crippen LogP contribution >= 0.6 is 0 Å². The molecular weight excluding hydrogens is 202 g/mol. The van der Waals surface area contributed by atoms with Crippen molar-refractivity contribution in [3.63, 3.8) is 0 Å². The van der Waals surface area contributed by atoms with Crippen molar-refractivity contribution in [1.29, 1.82) is 5.26 Å². The normalized spacial score (nSPS) is 17.1. The summed E-state index contributed by atoms with van der Waals surface area (Å²) in [4.78, 5) is 6.44. The Kier molecular flexibility index (Phi) is 3.37. The molecule has 4 nitrogen and oxygen atoms in total. The molecular formula is C12H15N3O. The number of anilines is 1. The maximum atomic E-state index is 9.05. The van der Waals surface area contributed by atoms with Gasteiger partial charge in [0.05, 0.1) is 0 Å². The summed E-state index contributed by atoms with van der Waals surface area (Å²) in [7, 11) is 0. The van der Waals surface area contributed by atoms with E-state index in [9.17, 15) is 0 Å². The first-order valence-corrected chi connectivity index (χ1v) is 5.56. The van der Waals surface area contributed by atoms with Crippen LogP contribution in [0.5, 0.6) is 0 Å². The summed E-state index contributed by atoms with van der Waals surface area (Å²) in [6, 6.07) is 7.55. The van der Waals surface area contributed by atoms with Gasteiger partial charge in [-0.2, -0.15) is 5.26 Å². The highest BCUT2D eigenvalue weighted by molar-refractivity contribution is 5.41. The van der Waals surface area contributed by atoms with Crippen molar-refractivity contribution in [2.45, 2.75) is 12.8 Å². The summed E-state index contributed by atoms with van der Waals surface area (Å²) in [6.07, 6.45) is 1.99. The maximum absolute atomic E-state index is 9.05. The SMILES string of the molecule is N#Cc1cccc(N2CCC(CO)CC2)n1. The van der Waals surface area contributed by atoms with Gasteiger partial charge in [0.1, 0.15) is 17.6 Å². The lowest BCUT2D eigenvalue weighted by atomic mass is 9.98. The topological polar surface area (TPSA) is 60.2 Å². The average Bonchev–Trinajstić information content (AvgIpc) is 2.39. The zero-order valence-electron chi connectivity index (χ0n) is 9.13. The second-order valence-corrected chi connectivity index (χ2v) is 4.11. The molecule has 16 heavy (non-hydrogen) atoms. The van der Waals surface area contributed by atoms with Crippen molar-refractivity contribution >= 4 is 5.82 Å². The molecule has 0 saturated carbocycles. The Labute approximate surface area is 95.1 Å². The van der Waals surface area contributed by atoms with Crippen LogP contribution in [0.15, 0.2) is 18.2 Å². The second kappa shape index (κ2) is 4.95. The summed E-state index contributed by atoms with van der Waals surface area (Å²) in [5, 5.41) is 17.8. The number of nitrogens with zero attached hydrogens (tertiary/aromatic N) is 3. The summed E-state index contributed by atoms with van der Waals surface area (Å²) < 4.78 is 0. The highest BCUT2D eigenvalue weighted by Gasteiger charge is 2.19. The predicted octanol–water partition coefficient (Wildman–Crippen LogP) is 1.16. The van der Waals surface area contributed by atoms with E-state index in [1.165, 1.54) is 0 Å². The Morgan fingerprint density at radius 3 is 2.81 bits per heavy atom. The Hall–Kier alpha value is -1.60.